The van der Waals surface area contributed by atoms with Gasteiger partial charge < -0.3 is 14.9 Å². The summed E-state index contributed by atoms with van der Waals surface area (Å²) in [6.07, 6.45) is 3.83. The lowest BCUT2D eigenvalue weighted by molar-refractivity contribution is -0.147. The summed E-state index contributed by atoms with van der Waals surface area (Å²) in [5.74, 6) is -0.465. The molecule has 220 valence electrons. The van der Waals surface area contributed by atoms with Crippen molar-refractivity contribution >= 4 is 23.5 Å². The Morgan fingerprint density at radius 3 is 2.69 bits per heavy atom. The highest BCUT2D eigenvalue weighted by molar-refractivity contribution is 5.81. The van der Waals surface area contributed by atoms with Gasteiger partial charge in [0, 0.05) is 43.9 Å². The highest BCUT2D eigenvalue weighted by atomic mass is 16.5. The van der Waals surface area contributed by atoms with E-state index in [2.05, 4.69) is 57.5 Å². The summed E-state index contributed by atoms with van der Waals surface area (Å²) in [6.45, 7) is 9.09. The van der Waals surface area contributed by atoms with Crippen LogP contribution in [-0.2, 0) is 29.6 Å². The van der Waals surface area contributed by atoms with Gasteiger partial charge >= 0.3 is 5.97 Å². The minimum atomic E-state index is -1.04. The van der Waals surface area contributed by atoms with E-state index in [0.29, 0.717) is 0 Å². The topological polar surface area (TPSA) is 131 Å². The smallest absolute Gasteiger partial charge is 0.310 e. The summed E-state index contributed by atoms with van der Waals surface area (Å²) >= 11 is 0. The minimum Gasteiger partial charge on any atom is -0.483 e. The Morgan fingerprint density at radius 1 is 1.19 bits per heavy atom. The van der Waals surface area contributed by atoms with Gasteiger partial charge in [0.1, 0.15) is 11.6 Å². The second-order valence-corrected chi connectivity index (χ2v) is 11.8. The first-order valence-electron chi connectivity index (χ1n) is 14.1. The number of pyridine rings is 1. The Labute approximate surface area is 244 Å². The predicted molar refractivity (Wildman–Crippen MR) is 157 cm³/mol. The Balaban J connectivity index is 0.00000113. The molecule has 42 heavy (non-hydrogen) atoms. The molecule has 2 aromatic carbocycles. The molecule has 10 nitrogen and oxygen atoms in total. The Morgan fingerprint density at radius 2 is 1.95 bits per heavy atom. The summed E-state index contributed by atoms with van der Waals surface area (Å²) in [7, 11) is 1.87. The minimum absolute atomic E-state index is 0.0217. The van der Waals surface area contributed by atoms with Crippen molar-refractivity contribution in [2.45, 2.75) is 65.1 Å². The summed E-state index contributed by atoms with van der Waals surface area (Å²) in [4.78, 5) is 28.0. The Kier molecular flexibility index (Phi) is 8.01. The van der Waals surface area contributed by atoms with Crippen molar-refractivity contribution in [2.24, 2.45) is 12.5 Å². The van der Waals surface area contributed by atoms with Gasteiger partial charge in [0.25, 0.3) is 6.47 Å². The van der Waals surface area contributed by atoms with Crippen LogP contribution in [-0.4, -0.2) is 60.2 Å². The van der Waals surface area contributed by atoms with Crippen molar-refractivity contribution in [3.63, 3.8) is 0 Å². The molecule has 2 aliphatic rings. The first-order chi connectivity index (χ1) is 20.1. The van der Waals surface area contributed by atoms with E-state index in [4.69, 9.17) is 14.6 Å². The zero-order chi connectivity index (χ0) is 30.2. The molecule has 0 amide bonds. The number of ether oxygens (including phenoxy) is 1. The van der Waals surface area contributed by atoms with Crippen molar-refractivity contribution < 1.29 is 24.5 Å². The Bertz CT molecular complexity index is 1630. The number of aryl methyl sites for hydroxylation is 3. The second kappa shape index (κ2) is 11.5. The third-order valence-corrected chi connectivity index (χ3v) is 8.68. The molecule has 0 spiro atoms. The molecule has 1 aliphatic heterocycles. The van der Waals surface area contributed by atoms with Gasteiger partial charge in [0.2, 0.25) is 5.88 Å². The maximum atomic E-state index is 12.7. The summed E-state index contributed by atoms with van der Waals surface area (Å²) in [5, 5.41) is 25.9. The lowest BCUT2D eigenvalue weighted by atomic mass is 9.69. The summed E-state index contributed by atoms with van der Waals surface area (Å²) in [6, 6.07) is 14.9. The Hall–Kier alpha value is -4.31. The van der Waals surface area contributed by atoms with Crippen LogP contribution in [0.25, 0.3) is 11.0 Å². The van der Waals surface area contributed by atoms with Crippen molar-refractivity contribution in [1.82, 2.24) is 24.9 Å². The number of hydrogen-bond acceptors (Lipinski definition) is 7. The maximum Gasteiger partial charge on any atom is 0.310 e. The van der Waals surface area contributed by atoms with E-state index in [-0.39, 0.29) is 24.5 Å². The van der Waals surface area contributed by atoms with Crippen LogP contribution in [0.1, 0.15) is 72.5 Å². The average molecular weight is 572 g/mol. The van der Waals surface area contributed by atoms with E-state index >= 15 is 0 Å². The van der Waals surface area contributed by atoms with Crippen molar-refractivity contribution in [2.75, 3.05) is 6.54 Å². The second-order valence-electron chi connectivity index (χ2n) is 11.8. The molecule has 0 fully saturated rings. The van der Waals surface area contributed by atoms with Gasteiger partial charge in [-0.25, -0.2) is 9.67 Å². The fourth-order valence-electron chi connectivity index (χ4n) is 6.56. The van der Waals surface area contributed by atoms with Crippen LogP contribution < -0.4 is 4.74 Å². The number of rotatable bonds is 5. The fraction of sp³-hybridized carbons (Fsp3) is 0.406. The molecule has 3 atom stereocenters. The molecule has 2 unspecified atom stereocenters. The van der Waals surface area contributed by atoms with Crippen molar-refractivity contribution in [1.29, 1.82) is 0 Å². The SMILES string of the molecule is Cc1c(C(c2ccc3c(c2)C(N2Cc4cccnc4O[C@@H](C)C2)CC3)C(C)(C)C(=O)O)ccc2c1nnn2C.O=CO. The summed E-state index contributed by atoms with van der Waals surface area (Å²) in [5.41, 5.74) is 7.39. The molecule has 0 saturated heterocycles. The molecule has 0 radical (unpaired) electrons. The quantitative estimate of drug-likeness (QED) is 0.322. The van der Waals surface area contributed by atoms with E-state index in [1.807, 2.05) is 40.0 Å². The van der Waals surface area contributed by atoms with Crippen LogP contribution in [0.4, 0.5) is 0 Å². The van der Waals surface area contributed by atoms with Crippen LogP contribution in [0.2, 0.25) is 0 Å². The van der Waals surface area contributed by atoms with E-state index in [1.165, 1.54) is 11.1 Å². The van der Waals surface area contributed by atoms with Crippen molar-refractivity contribution in [3.8, 4) is 5.88 Å². The number of aromatic nitrogens is 4. The monoisotopic (exact) mass is 571 g/mol. The molecule has 6 rings (SSSR count). The van der Waals surface area contributed by atoms with Gasteiger partial charge in [-0.15, -0.1) is 5.10 Å². The number of fused-ring (bicyclic) bond motifs is 3. The van der Waals surface area contributed by atoms with Crippen LogP contribution in [0, 0.1) is 12.3 Å². The molecular formula is C32H37N5O5. The largest absolute Gasteiger partial charge is 0.483 e. The van der Waals surface area contributed by atoms with Crippen LogP contribution >= 0.6 is 0 Å². The third-order valence-electron chi connectivity index (χ3n) is 8.68. The lowest BCUT2D eigenvalue weighted by Crippen LogP contribution is -2.34. The van der Waals surface area contributed by atoms with Gasteiger partial charge in [-0.1, -0.05) is 35.5 Å². The fourth-order valence-corrected chi connectivity index (χ4v) is 6.56. The van der Waals surface area contributed by atoms with E-state index in [9.17, 15) is 9.90 Å². The molecule has 2 N–H and O–H groups in total. The zero-order valence-corrected chi connectivity index (χ0v) is 24.6. The maximum absolute atomic E-state index is 12.7. The van der Waals surface area contributed by atoms with Crippen LogP contribution in [0.3, 0.4) is 0 Å². The van der Waals surface area contributed by atoms with E-state index in [1.54, 1.807) is 10.9 Å². The molecule has 1 aliphatic carbocycles. The van der Waals surface area contributed by atoms with Gasteiger partial charge in [-0.3, -0.25) is 14.5 Å². The van der Waals surface area contributed by atoms with Crippen LogP contribution in [0.5, 0.6) is 5.88 Å². The summed E-state index contributed by atoms with van der Waals surface area (Å²) < 4.78 is 7.90. The number of carboxylic acid groups (broad SMARTS) is 2. The standard InChI is InChI=1S/C31H35N5O3.CH2O2/c1-18-16-36(17-22-7-6-14-32-29(22)39-18)25-12-10-20-8-9-21(15-24(20)25)27(31(3,4)30(37)38)23-11-13-26-28(19(23)2)33-34-35(26)5;2-1-3/h6-9,11,13-15,18,25,27H,10,12,16-17H2,1-5H3,(H,37,38);1H,(H,2,3)/t18-,25?,27?;/m0./s1. The number of aliphatic carboxylic acids is 1. The molecule has 0 saturated carbocycles. The lowest BCUT2D eigenvalue weighted by Gasteiger charge is -2.34. The number of carboxylic acids is 1. The molecule has 4 aromatic rings. The van der Waals surface area contributed by atoms with Crippen LogP contribution in [0.15, 0.2) is 48.7 Å². The number of hydrogen-bond donors (Lipinski definition) is 2. The van der Waals surface area contributed by atoms with Gasteiger partial charge in [-0.2, -0.15) is 0 Å². The molecule has 0 bridgehead atoms. The van der Waals surface area contributed by atoms with Gasteiger partial charge in [0.15, 0.2) is 0 Å². The average Bonchev–Trinajstić information content (AvgIpc) is 3.49. The predicted octanol–water partition coefficient (Wildman–Crippen LogP) is 4.89. The zero-order valence-electron chi connectivity index (χ0n) is 24.6. The molecule has 2 aromatic heterocycles. The van der Waals surface area contributed by atoms with Gasteiger partial charge in [0.05, 0.1) is 10.9 Å². The first kappa shape index (κ1) is 29.2. The molecule has 3 heterocycles. The number of carbonyl (C=O) groups is 2. The molecule has 10 heteroatoms. The van der Waals surface area contributed by atoms with E-state index in [0.717, 1.165) is 65.1 Å². The van der Waals surface area contributed by atoms with Gasteiger partial charge in [-0.05, 0) is 80.5 Å². The normalized spacial score (nSPS) is 19.1. The first-order valence-corrected chi connectivity index (χ1v) is 14.1. The third kappa shape index (κ3) is 5.22. The van der Waals surface area contributed by atoms with Crippen molar-refractivity contribution in [3.05, 3.63) is 82.0 Å². The number of benzene rings is 2. The number of nitrogens with zero attached hydrogens (tertiary/aromatic N) is 5. The highest BCUT2D eigenvalue weighted by Crippen LogP contribution is 2.46. The molecular weight excluding hydrogens is 534 g/mol. The highest BCUT2D eigenvalue weighted by Gasteiger charge is 2.41. The van der Waals surface area contributed by atoms with E-state index < -0.39 is 11.4 Å².